The third kappa shape index (κ3) is 4.03. The normalized spacial score (nSPS) is 16.1. The van der Waals surface area contributed by atoms with Gasteiger partial charge in [0.05, 0.1) is 5.60 Å². The van der Waals surface area contributed by atoms with Gasteiger partial charge in [0.25, 0.3) is 0 Å². The number of nitrogens with two attached hydrogens (primary N) is 1. The number of nitrogens with one attached hydrogen (secondary N) is 1. The third-order valence-corrected chi connectivity index (χ3v) is 3.63. The van der Waals surface area contributed by atoms with Crippen LogP contribution in [0, 0.1) is 0 Å². The molecule has 3 N–H and O–H groups in total. The molecule has 114 valence electrons. The highest BCUT2D eigenvalue weighted by Gasteiger charge is 2.33. The maximum absolute atomic E-state index is 12.0. The van der Waals surface area contributed by atoms with Crippen molar-refractivity contribution in [3.8, 4) is 0 Å². The molecule has 21 heavy (non-hydrogen) atoms. The highest BCUT2D eigenvalue weighted by atomic mass is 16.5. The van der Waals surface area contributed by atoms with E-state index in [0.29, 0.717) is 12.1 Å². The Kier molecular flexibility index (Phi) is 4.59. The molecule has 0 aliphatic carbocycles. The molecule has 1 aromatic rings. The summed E-state index contributed by atoms with van der Waals surface area (Å²) in [6.45, 7) is 4.08. The minimum Gasteiger partial charge on any atom is -0.366 e. The first-order valence-corrected chi connectivity index (χ1v) is 6.87. The molecule has 0 aromatic heterocycles. The van der Waals surface area contributed by atoms with Crippen molar-refractivity contribution in [1.29, 1.82) is 0 Å². The number of carbonyl (C=O) groups is 2. The summed E-state index contributed by atoms with van der Waals surface area (Å²) in [6, 6.07) is 6.91. The lowest BCUT2D eigenvalue weighted by Crippen LogP contribution is -2.59. The van der Waals surface area contributed by atoms with Crippen LogP contribution in [0.3, 0.4) is 0 Å². The summed E-state index contributed by atoms with van der Waals surface area (Å²) in [4.78, 5) is 24.6. The molecule has 0 bridgehead atoms. The number of ether oxygens (including phenoxy) is 1. The van der Waals surface area contributed by atoms with Crippen LogP contribution in [0.5, 0.6) is 0 Å². The summed E-state index contributed by atoms with van der Waals surface area (Å²) in [7, 11) is 1.73. The largest absolute Gasteiger partial charge is 0.366 e. The number of rotatable bonds is 6. The van der Waals surface area contributed by atoms with Crippen molar-refractivity contribution in [3.05, 3.63) is 35.4 Å². The van der Waals surface area contributed by atoms with E-state index in [1.54, 1.807) is 36.2 Å². The topological polar surface area (TPSA) is 84.7 Å². The zero-order valence-corrected chi connectivity index (χ0v) is 12.4. The van der Waals surface area contributed by atoms with E-state index in [2.05, 4.69) is 5.32 Å². The molecular formula is C15H21N3O3. The van der Waals surface area contributed by atoms with Gasteiger partial charge < -0.3 is 20.7 Å². The highest BCUT2D eigenvalue weighted by molar-refractivity contribution is 5.92. The lowest BCUT2D eigenvalue weighted by atomic mass is 10.0. The van der Waals surface area contributed by atoms with Crippen LogP contribution in [0.1, 0.15) is 22.8 Å². The van der Waals surface area contributed by atoms with Crippen LogP contribution in [0.4, 0.5) is 0 Å². The van der Waals surface area contributed by atoms with Crippen LogP contribution in [0.25, 0.3) is 0 Å². The van der Waals surface area contributed by atoms with E-state index in [1.165, 1.54) is 0 Å². The Hall–Kier alpha value is -1.92. The number of primary amides is 1. The van der Waals surface area contributed by atoms with Crippen LogP contribution in [0.2, 0.25) is 0 Å². The molecule has 1 fully saturated rings. The van der Waals surface area contributed by atoms with Gasteiger partial charge in [0.15, 0.2) is 0 Å². The maximum Gasteiger partial charge on any atom is 0.248 e. The van der Waals surface area contributed by atoms with Gasteiger partial charge in [0.1, 0.15) is 6.61 Å². The maximum atomic E-state index is 12.0. The lowest BCUT2D eigenvalue weighted by Gasteiger charge is -2.39. The van der Waals surface area contributed by atoms with E-state index >= 15 is 0 Å². The van der Waals surface area contributed by atoms with Crippen LogP contribution in [-0.4, -0.2) is 49.1 Å². The summed E-state index contributed by atoms with van der Waals surface area (Å²) in [5.41, 5.74) is 6.36. The van der Waals surface area contributed by atoms with Crippen LogP contribution in [-0.2, 0) is 16.1 Å². The van der Waals surface area contributed by atoms with E-state index in [4.69, 9.17) is 10.5 Å². The van der Waals surface area contributed by atoms with Crippen molar-refractivity contribution >= 4 is 11.8 Å². The van der Waals surface area contributed by atoms with Crippen molar-refractivity contribution in [3.63, 3.8) is 0 Å². The average Bonchev–Trinajstić information content (AvgIpc) is 2.43. The molecule has 1 saturated heterocycles. The van der Waals surface area contributed by atoms with Crippen molar-refractivity contribution in [2.45, 2.75) is 19.1 Å². The molecule has 0 atom stereocenters. The highest BCUT2D eigenvalue weighted by Crippen LogP contribution is 2.15. The molecule has 1 aliphatic rings. The Balaban J connectivity index is 1.83. The quantitative estimate of drug-likeness (QED) is 0.780. The number of hydrogen-bond donors (Lipinski definition) is 2. The Morgan fingerprint density at radius 3 is 2.43 bits per heavy atom. The molecule has 6 heteroatoms. The van der Waals surface area contributed by atoms with Crippen LogP contribution in [0.15, 0.2) is 24.3 Å². The first-order chi connectivity index (χ1) is 9.89. The molecule has 2 amide bonds. The van der Waals surface area contributed by atoms with Gasteiger partial charge in [-0.3, -0.25) is 9.59 Å². The monoisotopic (exact) mass is 291 g/mol. The van der Waals surface area contributed by atoms with Crippen molar-refractivity contribution in [2.75, 3.05) is 26.7 Å². The first kappa shape index (κ1) is 15.5. The van der Waals surface area contributed by atoms with E-state index in [-0.39, 0.29) is 18.1 Å². The van der Waals surface area contributed by atoms with Gasteiger partial charge in [-0.15, -0.1) is 0 Å². The second-order valence-electron chi connectivity index (χ2n) is 5.65. The van der Waals surface area contributed by atoms with E-state index in [9.17, 15) is 9.59 Å². The average molecular weight is 291 g/mol. The molecule has 1 aliphatic heterocycles. The fourth-order valence-corrected chi connectivity index (χ4v) is 2.06. The number of carbonyl (C=O) groups excluding carboxylic acids is 2. The summed E-state index contributed by atoms with van der Waals surface area (Å²) in [5, 5.41) is 3.12. The summed E-state index contributed by atoms with van der Waals surface area (Å²) < 4.78 is 5.62. The molecule has 0 unspecified atom stereocenters. The molecule has 0 saturated carbocycles. The number of likely N-dealkylation sites (N-methyl/N-ethyl adjacent to an activating group) is 1. The lowest BCUT2D eigenvalue weighted by molar-refractivity contribution is -0.145. The Morgan fingerprint density at radius 2 is 1.95 bits per heavy atom. The second-order valence-corrected chi connectivity index (χ2v) is 5.65. The fourth-order valence-electron chi connectivity index (χ4n) is 2.06. The van der Waals surface area contributed by atoms with Gasteiger partial charge in [-0.05, 0) is 24.6 Å². The van der Waals surface area contributed by atoms with Gasteiger partial charge in [0.2, 0.25) is 11.8 Å². The third-order valence-electron chi connectivity index (χ3n) is 3.63. The second kappa shape index (κ2) is 6.24. The van der Waals surface area contributed by atoms with E-state index < -0.39 is 5.91 Å². The van der Waals surface area contributed by atoms with Gasteiger partial charge in [-0.25, -0.2) is 0 Å². The Morgan fingerprint density at radius 1 is 1.33 bits per heavy atom. The molecule has 2 rings (SSSR count). The number of benzene rings is 1. The van der Waals surface area contributed by atoms with Crippen molar-refractivity contribution in [2.24, 2.45) is 5.73 Å². The minimum absolute atomic E-state index is 0.0675. The van der Waals surface area contributed by atoms with Crippen LogP contribution >= 0.6 is 0 Å². The molecule has 0 spiro atoms. The standard InChI is InChI=1S/C15H21N3O3/c1-15(9-17-10-15)21-8-13(19)18(2)7-11-3-5-12(6-4-11)14(16)20/h3-6,17H,7-10H2,1-2H3,(H2,16,20). The van der Waals surface area contributed by atoms with E-state index in [1.807, 2.05) is 6.92 Å². The Labute approximate surface area is 124 Å². The SMILES string of the molecule is CN(Cc1ccc(C(N)=O)cc1)C(=O)COC1(C)CNC1. The van der Waals surface area contributed by atoms with Gasteiger partial charge in [-0.1, -0.05) is 12.1 Å². The summed E-state index contributed by atoms with van der Waals surface area (Å²) >= 11 is 0. The minimum atomic E-state index is -0.457. The van der Waals surface area contributed by atoms with Crippen molar-refractivity contribution < 1.29 is 14.3 Å². The number of nitrogens with zero attached hydrogens (tertiary/aromatic N) is 1. The molecular weight excluding hydrogens is 270 g/mol. The van der Waals surface area contributed by atoms with Gasteiger partial charge in [0, 0.05) is 32.2 Å². The fraction of sp³-hybridized carbons (Fsp3) is 0.467. The van der Waals surface area contributed by atoms with Crippen LogP contribution < -0.4 is 11.1 Å². The number of hydrogen-bond acceptors (Lipinski definition) is 4. The number of amides is 2. The zero-order chi connectivity index (χ0) is 15.5. The predicted molar refractivity (Wildman–Crippen MR) is 78.7 cm³/mol. The molecule has 6 nitrogen and oxygen atoms in total. The van der Waals surface area contributed by atoms with Gasteiger partial charge in [-0.2, -0.15) is 0 Å². The summed E-state index contributed by atoms with van der Waals surface area (Å²) in [5.74, 6) is -0.524. The zero-order valence-electron chi connectivity index (χ0n) is 12.4. The first-order valence-electron chi connectivity index (χ1n) is 6.87. The smallest absolute Gasteiger partial charge is 0.248 e. The molecule has 0 radical (unpaired) electrons. The van der Waals surface area contributed by atoms with Gasteiger partial charge >= 0.3 is 0 Å². The Bertz CT molecular complexity index is 523. The summed E-state index contributed by atoms with van der Waals surface area (Å²) in [6.07, 6.45) is 0. The van der Waals surface area contributed by atoms with E-state index in [0.717, 1.165) is 18.7 Å². The predicted octanol–water partition coefficient (Wildman–Crippen LogP) is 0.122. The molecule has 1 aromatic carbocycles. The molecule has 1 heterocycles. The van der Waals surface area contributed by atoms with Crippen molar-refractivity contribution in [1.82, 2.24) is 10.2 Å².